The average molecular weight is 271 g/mol. The Morgan fingerprint density at radius 1 is 1.24 bits per heavy atom. The van der Waals surface area contributed by atoms with E-state index in [2.05, 4.69) is 5.32 Å². The Balaban J connectivity index is 0.00000144. The molecule has 1 aliphatic rings. The zero-order valence-corrected chi connectivity index (χ0v) is 9.46. The van der Waals surface area contributed by atoms with Gasteiger partial charge in [0.15, 0.2) is 0 Å². The van der Waals surface area contributed by atoms with Crippen molar-refractivity contribution in [3.05, 3.63) is 35.1 Å². The fourth-order valence-electron chi connectivity index (χ4n) is 1.65. The van der Waals surface area contributed by atoms with Gasteiger partial charge in [0, 0.05) is 13.1 Å². The van der Waals surface area contributed by atoms with Crippen molar-refractivity contribution in [2.24, 2.45) is 5.73 Å². The van der Waals surface area contributed by atoms with Crippen LogP contribution < -0.4 is 11.1 Å². The van der Waals surface area contributed by atoms with Crippen LogP contribution in [0.5, 0.6) is 0 Å². The van der Waals surface area contributed by atoms with Crippen LogP contribution >= 0.6 is 12.4 Å². The van der Waals surface area contributed by atoms with E-state index in [0.717, 1.165) is 12.1 Å². The van der Waals surface area contributed by atoms with Crippen LogP contribution in [0, 0.1) is 5.82 Å². The van der Waals surface area contributed by atoms with Gasteiger partial charge in [0.25, 0.3) is 0 Å². The Morgan fingerprint density at radius 2 is 1.82 bits per heavy atom. The van der Waals surface area contributed by atoms with Crippen molar-refractivity contribution < 1.29 is 17.6 Å². The number of rotatable bonds is 1. The van der Waals surface area contributed by atoms with E-state index in [1.807, 2.05) is 0 Å². The molecule has 0 bridgehead atoms. The van der Waals surface area contributed by atoms with Crippen LogP contribution in [0.4, 0.5) is 17.6 Å². The van der Waals surface area contributed by atoms with Gasteiger partial charge in [0.2, 0.25) is 0 Å². The first kappa shape index (κ1) is 14.2. The number of nitrogens with two attached hydrogens (primary N) is 1. The maximum absolute atomic E-state index is 13.2. The van der Waals surface area contributed by atoms with Gasteiger partial charge in [-0.3, -0.25) is 0 Å². The zero-order valence-electron chi connectivity index (χ0n) is 8.64. The van der Waals surface area contributed by atoms with Crippen molar-refractivity contribution in [1.82, 2.24) is 5.32 Å². The summed E-state index contributed by atoms with van der Waals surface area (Å²) >= 11 is 0. The maximum atomic E-state index is 13.2. The van der Waals surface area contributed by atoms with Crippen LogP contribution in [-0.2, 0) is 11.7 Å². The van der Waals surface area contributed by atoms with E-state index in [9.17, 15) is 17.6 Å². The Labute approximate surface area is 102 Å². The zero-order chi connectivity index (χ0) is 12.0. The standard InChI is InChI=1S/C10H10F4N2.ClH/c11-8-3-6(9(15)4-16-5-9)1-2-7(8)10(12,13)14;/h1-3,16H,4-5,15H2;1H. The lowest BCUT2D eigenvalue weighted by Gasteiger charge is -2.39. The second-order valence-electron chi connectivity index (χ2n) is 3.95. The molecule has 0 atom stereocenters. The molecule has 17 heavy (non-hydrogen) atoms. The number of hydrogen-bond donors (Lipinski definition) is 2. The van der Waals surface area contributed by atoms with E-state index in [-0.39, 0.29) is 12.4 Å². The maximum Gasteiger partial charge on any atom is 0.419 e. The number of halogens is 5. The van der Waals surface area contributed by atoms with E-state index >= 15 is 0 Å². The molecule has 1 fully saturated rings. The molecule has 0 saturated carbocycles. The lowest BCUT2D eigenvalue weighted by atomic mass is 9.85. The highest BCUT2D eigenvalue weighted by Gasteiger charge is 2.38. The smallest absolute Gasteiger partial charge is 0.319 e. The van der Waals surface area contributed by atoms with Crippen molar-refractivity contribution >= 4 is 12.4 Å². The monoisotopic (exact) mass is 270 g/mol. The molecule has 0 aliphatic carbocycles. The van der Waals surface area contributed by atoms with Gasteiger partial charge >= 0.3 is 6.18 Å². The highest BCUT2D eigenvalue weighted by atomic mass is 35.5. The molecule has 0 spiro atoms. The molecule has 0 radical (unpaired) electrons. The summed E-state index contributed by atoms with van der Waals surface area (Å²) in [5.74, 6) is -1.28. The minimum absolute atomic E-state index is 0. The largest absolute Gasteiger partial charge is 0.419 e. The van der Waals surface area contributed by atoms with Crippen LogP contribution in [0.3, 0.4) is 0 Å². The summed E-state index contributed by atoms with van der Waals surface area (Å²) in [6.07, 6.45) is -4.66. The quantitative estimate of drug-likeness (QED) is 0.767. The van der Waals surface area contributed by atoms with Crippen molar-refractivity contribution in [3.63, 3.8) is 0 Å². The molecule has 1 aromatic rings. The molecule has 3 N–H and O–H groups in total. The minimum atomic E-state index is -4.66. The SMILES string of the molecule is Cl.NC1(c2ccc(C(F)(F)F)c(F)c2)CNC1. The van der Waals surface area contributed by atoms with Crippen LogP contribution in [-0.4, -0.2) is 13.1 Å². The Kier molecular flexibility index (Phi) is 3.71. The van der Waals surface area contributed by atoms with Gasteiger partial charge < -0.3 is 11.1 Å². The summed E-state index contributed by atoms with van der Waals surface area (Å²) in [6, 6.07) is 2.83. The summed E-state index contributed by atoms with van der Waals surface area (Å²) < 4.78 is 50.1. The lowest BCUT2D eigenvalue weighted by molar-refractivity contribution is -0.140. The summed E-state index contributed by atoms with van der Waals surface area (Å²) in [4.78, 5) is 0. The van der Waals surface area contributed by atoms with Crippen molar-refractivity contribution in [1.29, 1.82) is 0 Å². The molecule has 1 aliphatic heterocycles. The van der Waals surface area contributed by atoms with Gasteiger partial charge in [-0.25, -0.2) is 4.39 Å². The minimum Gasteiger partial charge on any atom is -0.319 e. The molecule has 96 valence electrons. The first-order valence-electron chi connectivity index (χ1n) is 4.70. The van der Waals surface area contributed by atoms with E-state index in [4.69, 9.17) is 5.73 Å². The fourth-order valence-corrected chi connectivity index (χ4v) is 1.65. The molecule has 0 amide bonds. The highest BCUT2D eigenvalue weighted by Crippen LogP contribution is 2.33. The van der Waals surface area contributed by atoms with E-state index in [1.54, 1.807) is 0 Å². The Morgan fingerprint density at radius 3 is 2.18 bits per heavy atom. The molecule has 2 rings (SSSR count). The van der Waals surface area contributed by atoms with Crippen LogP contribution in [0.1, 0.15) is 11.1 Å². The molecule has 0 unspecified atom stereocenters. The molecule has 1 aromatic carbocycles. The molecule has 2 nitrogen and oxygen atoms in total. The third-order valence-corrected chi connectivity index (χ3v) is 2.73. The number of benzene rings is 1. The second kappa shape index (κ2) is 4.44. The van der Waals surface area contributed by atoms with Crippen LogP contribution in [0.2, 0.25) is 0 Å². The predicted octanol–water partition coefficient (Wildman–Crippen LogP) is 2.02. The van der Waals surface area contributed by atoms with Crippen molar-refractivity contribution in [2.75, 3.05) is 13.1 Å². The predicted molar refractivity (Wildman–Crippen MR) is 57.4 cm³/mol. The van der Waals surface area contributed by atoms with E-state index in [0.29, 0.717) is 18.7 Å². The van der Waals surface area contributed by atoms with E-state index in [1.165, 1.54) is 6.07 Å². The fraction of sp³-hybridized carbons (Fsp3) is 0.400. The van der Waals surface area contributed by atoms with Crippen LogP contribution in [0.25, 0.3) is 0 Å². The molecule has 1 heterocycles. The number of hydrogen-bond acceptors (Lipinski definition) is 2. The van der Waals surface area contributed by atoms with Gasteiger partial charge in [-0.1, -0.05) is 6.07 Å². The molecule has 1 saturated heterocycles. The Bertz CT molecular complexity index is 415. The topological polar surface area (TPSA) is 38.0 Å². The van der Waals surface area contributed by atoms with Crippen molar-refractivity contribution in [3.8, 4) is 0 Å². The summed E-state index contributed by atoms with van der Waals surface area (Å²) in [7, 11) is 0. The third kappa shape index (κ3) is 2.53. The molecule has 7 heteroatoms. The first-order valence-corrected chi connectivity index (χ1v) is 4.70. The third-order valence-electron chi connectivity index (χ3n) is 2.73. The Hall–Kier alpha value is -0.850. The summed E-state index contributed by atoms with van der Waals surface area (Å²) in [5.41, 5.74) is 4.23. The highest BCUT2D eigenvalue weighted by molar-refractivity contribution is 5.85. The molecule has 0 aromatic heterocycles. The summed E-state index contributed by atoms with van der Waals surface area (Å²) in [6.45, 7) is 0.885. The van der Waals surface area contributed by atoms with Gasteiger partial charge in [-0.05, 0) is 17.7 Å². The van der Waals surface area contributed by atoms with Crippen molar-refractivity contribution in [2.45, 2.75) is 11.7 Å². The average Bonchev–Trinajstić information content (AvgIpc) is 2.12. The normalized spacial score (nSPS) is 18.2. The van der Waals surface area contributed by atoms with E-state index < -0.39 is 23.1 Å². The van der Waals surface area contributed by atoms with Gasteiger partial charge in [0.1, 0.15) is 5.82 Å². The van der Waals surface area contributed by atoms with Gasteiger partial charge in [0.05, 0.1) is 11.1 Å². The summed E-state index contributed by atoms with van der Waals surface area (Å²) in [5, 5.41) is 2.89. The molecular formula is C10H11ClF4N2. The lowest BCUT2D eigenvalue weighted by Crippen LogP contribution is -2.62. The van der Waals surface area contributed by atoms with Crippen LogP contribution in [0.15, 0.2) is 18.2 Å². The van der Waals surface area contributed by atoms with Gasteiger partial charge in [-0.2, -0.15) is 13.2 Å². The van der Waals surface area contributed by atoms with Gasteiger partial charge in [-0.15, -0.1) is 12.4 Å². The first-order chi connectivity index (χ1) is 7.33. The number of alkyl halides is 3. The number of nitrogens with one attached hydrogen (secondary N) is 1. The molecular weight excluding hydrogens is 260 g/mol. The second-order valence-corrected chi connectivity index (χ2v) is 3.95.